The van der Waals surface area contributed by atoms with E-state index in [0.29, 0.717) is 12.1 Å². The van der Waals surface area contributed by atoms with Crippen LogP contribution in [0.3, 0.4) is 0 Å². The summed E-state index contributed by atoms with van der Waals surface area (Å²) in [5, 5.41) is 6.90. The third kappa shape index (κ3) is 4.85. The molecule has 0 spiro atoms. The van der Waals surface area contributed by atoms with Gasteiger partial charge in [-0.1, -0.05) is 25.7 Å². The van der Waals surface area contributed by atoms with Crippen molar-refractivity contribution in [3.05, 3.63) is 0 Å². The Bertz CT molecular complexity index is 334. The Labute approximate surface area is 135 Å². The largest absolute Gasteiger partial charge is 0.383 e. The molecule has 2 N–H and O–H groups in total. The second-order valence-electron chi connectivity index (χ2n) is 6.68. The zero-order chi connectivity index (χ0) is 15.7. The van der Waals surface area contributed by atoms with Gasteiger partial charge in [0.15, 0.2) is 5.96 Å². The molecule has 0 radical (unpaired) electrons. The predicted molar refractivity (Wildman–Crippen MR) is 92.5 cm³/mol. The van der Waals surface area contributed by atoms with E-state index in [1.54, 1.807) is 7.11 Å². The number of methoxy groups -OCH3 is 1. The summed E-state index contributed by atoms with van der Waals surface area (Å²) in [6.07, 6.45) is 10.9. The number of rotatable bonds is 6. The standard InChI is InChI=1S/C17H34N4O/c1-18-16(19-11-14-22-2)20-15-17(9-5-3-6-10-17)21-12-7-4-8-13-21/h3-15H2,1-2H3,(H2,18,19,20). The van der Waals surface area contributed by atoms with Crippen LogP contribution in [0.2, 0.25) is 0 Å². The highest BCUT2D eigenvalue weighted by molar-refractivity contribution is 5.79. The Kier molecular flexibility index (Phi) is 7.46. The van der Waals surface area contributed by atoms with Crippen LogP contribution in [0, 0.1) is 0 Å². The summed E-state index contributed by atoms with van der Waals surface area (Å²) in [4.78, 5) is 7.11. The molecule has 2 rings (SSSR count). The van der Waals surface area contributed by atoms with Crippen molar-refractivity contribution in [1.82, 2.24) is 15.5 Å². The highest BCUT2D eigenvalue weighted by atomic mass is 16.5. The number of hydrogen-bond donors (Lipinski definition) is 2. The van der Waals surface area contributed by atoms with Crippen LogP contribution in [0.1, 0.15) is 51.4 Å². The van der Waals surface area contributed by atoms with Gasteiger partial charge in [-0.3, -0.25) is 9.89 Å². The van der Waals surface area contributed by atoms with Gasteiger partial charge in [-0.25, -0.2) is 0 Å². The van der Waals surface area contributed by atoms with E-state index in [9.17, 15) is 0 Å². The van der Waals surface area contributed by atoms with Gasteiger partial charge in [0.25, 0.3) is 0 Å². The number of guanidine groups is 1. The zero-order valence-corrected chi connectivity index (χ0v) is 14.5. The molecule has 128 valence electrons. The number of nitrogens with one attached hydrogen (secondary N) is 2. The fourth-order valence-electron chi connectivity index (χ4n) is 3.92. The molecule has 1 saturated heterocycles. The summed E-state index contributed by atoms with van der Waals surface area (Å²) < 4.78 is 5.09. The monoisotopic (exact) mass is 310 g/mol. The molecule has 0 bridgehead atoms. The van der Waals surface area contributed by atoms with Crippen molar-refractivity contribution in [1.29, 1.82) is 0 Å². The molecule has 0 atom stereocenters. The first-order valence-electron chi connectivity index (χ1n) is 8.99. The van der Waals surface area contributed by atoms with Crippen molar-refractivity contribution in [2.24, 2.45) is 4.99 Å². The van der Waals surface area contributed by atoms with Gasteiger partial charge in [-0.15, -0.1) is 0 Å². The maximum absolute atomic E-state index is 5.09. The molecular weight excluding hydrogens is 276 g/mol. The minimum atomic E-state index is 0.345. The van der Waals surface area contributed by atoms with Crippen molar-refractivity contribution in [2.75, 3.05) is 46.9 Å². The topological polar surface area (TPSA) is 48.9 Å². The van der Waals surface area contributed by atoms with Crippen LogP contribution in [0.15, 0.2) is 4.99 Å². The number of nitrogens with zero attached hydrogens (tertiary/aromatic N) is 2. The lowest BCUT2D eigenvalue weighted by Crippen LogP contribution is -2.59. The minimum Gasteiger partial charge on any atom is -0.383 e. The molecule has 1 heterocycles. The van der Waals surface area contributed by atoms with Crippen molar-refractivity contribution in [3.63, 3.8) is 0 Å². The van der Waals surface area contributed by atoms with Crippen LogP contribution < -0.4 is 10.6 Å². The quantitative estimate of drug-likeness (QED) is 0.447. The van der Waals surface area contributed by atoms with E-state index >= 15 is 0 Å². The average molecular weight is 310 g/mol. The maximum Gasteiger partial charge on any atom is 0.191 e. The van der Waals surface area contributed by atoms with Gasteiger partial charge in [0.2, 0.25) is 0 Å². The van der Waals surface area contributed by atoms with Crippen LogP contribution in [0.4, 0.5) is 0 Å². The Morgan fingerprint density at radius 2 is 1.73 bits per heavy atom. The normalized spacial score (nSPS) is 23.3. The van der Waals surface area contributed by atoms with Gasteiger partial charge in [0.05, 0.1) is 6.61 Å². The molecule has 0 aromatic rings. The fourth-order valence-corrected chi connectivity index (χ4v) is 3.92. The summed E-state index contributed by atoms with van der Waals surface area (Å²) in [5.74, 6) is 0.902. The van der Waals surface area contributed by atoms with E-state index < -0.39 is 0 Å². The lowest BCUT2D eigenvalue weighted by Gasteiger charge is -2.48. The van der Waals surface area contributed by atoms with Crippen molar-refractivity contribution >= 4 is 5.96 Å². The molecule has 5 nitrogen and oxygen atoms in total. The van der Waals surface area contributed by atoms with Gasteiger partial charge in [0, 0.05) is 32.8 Å². The molecular formula is C17H34N4O. The molecule has 2 fully saturated rings. The number of hydrogen-bond acceptors (Lipinski definition) is 3. The molecule has 0 unspecified atom stereocenters. The highest BCUT2D eigenvalue weighted by Crippen LogP contribution is 2.35. The van der Waals surface area contributed by atoms with Crippen LogP contribution in [0.5, 0.6) is 0 Å². The summed E-state index contributed by atoms with van der Waals surface area (Å²) >= 11 is 0. The van der Waals surface area contributed by atoms with Crippen molar-refractivity contribution in [3.8, 4) is 0 Å². The Balaban J connectivity index is 1.91. The molecule has 0 amide bonds. The summed E-state index contributed by atoms with van der Waals surface area (Å²) in [6, 6.07) is 0. The average Bonchev–Trinajstić information content (AvgIpc) is 2.59. The highest BCUT2D eigenvalue weighted by Gasteiger charge is 2.38. The first-order chi connectivity index (χ1) is 10.8. The first-order valence-corrected chi connectivity index (χ1v) is 8.99. The Hall–Kier alpha value is -0.810. The van der Waals surface area contributed by atoms with Crippen LogP contribution >= 0.6 is 0 Å². The second-order valence-corrected chi connectivity index (χ2v) is 6.68. The van der Waals surface area contributed by atoms with E-state index in [4.69, 9.17) is 4.74 Å². The summed E-state index contributed by atoms with van der Waals surface area (Å²) in [6.45, 7) is 5.07. The molecule has 5 heteroatoms. The minimum absolute atomic E-state index is 0.345. The van der Waals surface area contributed by atoms with Crippen molar-refractivity contribution in [2.45, 2.75) is 56.9 Å². The van der Waals surface area contributed by atoms with E-state index in [0.717, 1.165) is 19.0 Å². The Morgan fingerprint density at radius 3 is 2.36 bits per heavy atom. The molecule has 0 aromatic carbocycles. The van der Waals surface area contributed by atoms with E-state index in [-0.39, 0.29) is 0 Å². The fraction of sp³-hybridized carbons (Fsp3) is 0.941. The van der Waals surface area contributed by atoms with E-state index in [1.807, 2.05) is 7.05 Å². The molecule has 1 aliphatic heterocycles. The summed E-state index contributed by atoms with van der Waals surface area (Å²) in [7, 11) is 3.57. The molecule has 0 aromatic heterocycles. The van der Waals surface area contributed by atoms with Crippen LogP contribution in [-0.2, 0) is 4.74 Å². The lowest BCUT2D eigenvalue weighted by atomic mass is 9.79. The van der Waals surface area contributed by atoms with E-state index in [1.165, 1.54) is 64.5 Å². The van der Waals surface area contributed by atoms with Crippen LogP contribution in [-0.4, -0.2) is 63.3 Å². The number of ether oxygens (including phenoxy) is 1. The lowest BCUT2D eigenvalue weighted by molar-refractivity contribution is 0.0368. The van der Waals surface area contributed by atoms with E-state index in [2.05, 4.69) is 20.5 Å². The number of aliphatic imine (C=N–C) groups is 1. The zero-order valence-electron chi connectivity index (χ0n) is 14.5. The second kappa shape index (κ2) is 9.36. The number of likely N-dealkylation sites (tertiary alicyclic amines) is 1. The van der Waals surface area contributed by atoms with Gasteiger partial charge in [-0.05, 0) is 38.8 Å². The molecule has 22 heavy (non-hydrogen) atoms. The van der Waals surface area contributed by atoms with Crippen molar-refractivity contribution < 1.29 is 4.74 Å². The smallest absolute Gasteiger partial charge is 0.191 e. The maximum atomic E-state index is 5.09. The Morgan fingerprint density at radius 1 is 1.05 bits per heavy atom. The van der Waals surface area contributed by atoms with Gasteiger partial charge < -0.3 is 15.4 Å². The van der Waals surface area contributed by atoms with Gasteiger partial charge in [0.1, 0.15) is 0 Å². The molecule has 1 aliphatic carbocycles. The summed E-state index contributed by atoms with van der Waals surface area (Å²) in [5.41, 5.74) is 0.345. The third-order valence-corrected chi connectivity index (χ3v) is 5.22. The first kappa shape index (κ1) is 17.5. The van der Waals surface area contributed by atoms with Gasteiger partial charge >= 0.3 is 0 Å². The molecule has 1 saturated carbocycles. The van der Waals surface area contributed by atoms with Crippen LogP contribution in [0.25, 0.3) is 0 Å². The SMILES string of the molecule is CN=C(NCCOC)NCC1(N2CCCCC2)CCCCC1. The predicted octanol–water partition coefficient (Wildman–Crippen LogP) is 1.99. The third-order valence-electron chi connectivity index (χ3n) is 5.22. The molecule has 2 aliphatic rings. The number of piperidine rings is 1. The van der Waals surface area contributed by atoms with Gasteiger partial charge in [-0.2, -0.15) is 0 Å².